The summed E-state index contributed by atoms with van der Waals surface area (Å²) in [4.78, 5) is 16.8. The minimum absolute atomic E-state index is 0.350. The van der Waals surface area contributed by atoms with Gasteiger partial charge in [0, 0.05) is 44.1 Å². The van der Waals surface area contributed by atoms with E-state index in [9.17, 15) is 0 Å². The molecule has 3 aromatic heterocycles. The number of thiophene rings is 1. The van der Waals surface area contributed by atoms with E-state index in [0.717, 1.165) is 57.2 Å². The molecule has 0 saturated carbocycles. The maximum atomic E-state index is 6.27. The molecule has 0 atom stereocenters. The predicted molar refractivity (Wildman–Crippen MR) is 157 cm³/mol. The highest BCUT2D eigenvalue weighted by Crippen LogP contribution is 2.43. The van der Waals surface area contributed by atoms with E-state index in [0.29, 0.717) is 12.5 Å². The Morgan fingerprint density at radius 1 is 0.895 bits per heavy atom. The van der Waals surface area contributed by atoms with E-state index < -0.39 is 0 Å². The Labute approximate surface area is 223 Å². The Morgan fingerprint density at radius 3 is 2.58 bits per heavy atom. The smallest absolute Gasteiger partial charge is 0.137 e. The van der Waals surface area contributed by atoms with Gasteiger partial charge in [0.1, 0.15) is 24.0 Å². The zero-order chi connectivity index (χ0) is 25.5. The van der Waals surface area contributed by atoms with Gasteiger partial charge in [0.25, 0.3) is 0 Å². The number of nitrogens with one attached hydrogen (secondary N) is 2. The maximum absolute atomic E-state index is 6.27. The number of fused-ring (bicyclic) bond motifs is 11. The van der Waals surface area contributed by atoms with Crippen molar-refractivity contribution in [3.63, 3.8) is 0 Å². The Bertz CT molecular complexity index is 2060. The van der Waals surface area contributed by atoms with Crippen LogP contribution in [0.2, 0.25) is 0 Å². The van der Waals surface area contributed by atoms with Gasteiger partial charge in [-0.1, -0.05) is 51.1 Å². The van der Waals surface area contributed by atoms with Crippen LogP contribution in [0.5, 0.6) is 5.75 Å². The highest BCUT2D eigenvalue weighted by Gasteiger charge is 2.24. The molecular weight excluding hydrogens is 488 g/mol. The van der Waals surface area contributed by atoms with Crippen molar-refractivity contribution in [2.75, 3.05) is 0 Å². The van der Waals surface area contributed by atoms with Crippen LogP contribution < -0.4 is 4.74 Å². The average Bonchev–Trinajstić information content (AvgIpc) is 3.70. The summed E-state index contributed by atoms with van der Waals surface area (Å²) in [6, 6.07) is 20.0. The molecule has 6 heteroatoms. The van der Waals surface area contributed by atoms with E-state index in [2.05, 4.69) is 90.7 Å². The van der Waals surface area contributed by atoms with Crippen molar-refractivity contribution < 1.29 is 4.74 Å². The Morgan fingerprint density at radius 2 is 1.74 bits per heavy atom. The minimum atomic E-state index is 0.350. The lowest BCUT2D eigenvalue weighted by Crippen LogP contribution is -2.05. The van der Waals surface area contributed by atoms with Crippen LogP contribution in [-0.4, -0.2) is 19.9 Å². The Kier molecular flexibility index (Phi) is 4.56. The van der Waals surface area contributed by atoms with Crippen LogP contribution >= 0.6 is 11.3 Å². The first-order valence-corrected chi connectivity index (χ1v) is 14.1. The van der Waals surface area contributed by atoms with Crippen LogP contribution in [0.3, 0.4) is 0 Å². The Hall–Kier alpha value is -4.16. The third-order valence-electron chi connectivity index (χ3n) is 7.81. The molecule has 1 aliphatic heterocycles. The van der Waals surface area contributed by atoms with Crippen LogP contribution in [0.15, 0.2) is 60.0 Å². The van der Waals surface area contributed by atoms with Gasteiger partial charge >= 0.3 is 0 Å². The number of rotatable bonds is 3. The van der Waals surface area contributed by atoms with E-state index in [1.54, 1.807) is 11.3 Å². The third kappa shape index (κ3) is 3.04. The van der Waals surface area contributed by atoms with Crippen molar-refractivity contribution in [2.45, 2.75) is 39.7 Å². The first kappa shape index (κ1) is 21.9. The Balaban J connectivity index is 1.27. The number of hydrogen-bond acceptors (Lipinski definition) is 4. The monoisotopic (exact) mass is 514 g/mol. The highest BCUT2D eigenvalue weighted by molar-refractivity contribution is 7.18. The summed E-state index contributed by atoms with van der Waals surface area (Å²) in [5.41, 5.74) is 7.76. The molecule has 7 aromatic rings. The molecule has 0 spiro atoms. The van der Waals surface area contributed by atoms with E-state index >= 15 is 0 Å². The summed E-state index contributed by atoms with van der Waals surface area (Å²) in [7, 11) is 0. The number of hydrogen-bond donors (Lipinski definition) is 2. The molecule has 0 amide bonds. The van der Waals surface area contributed by atoms with Crippen molar-refractivity contribution >= 4 is 54.0 Å². The zero-order valence-electron chi connectivity index (χ0n) is 21.5. The number of benzene rings is 4. The number of ether oxygens (including phenoxy) is 1. The first-order chi connectivity index (χ1) is 18.6. The van der Waals surface area contributed by atoms with Gasteiger partial charge in [-0.05, 0) is 46.2 Å². The summed E-state index contributed by atoms with van der Waals surface area (Å²) in [6.07, 6.45) is 0.894. The minimum Gasteiger partial charge on any atom is -0.486 e. The van der Waals surface area contributed by atoms with E-state index in [1.165, 1.54) is 37.4 Å². The van der Waals surface area contributed by atoms with Gasteiger partial charge in [0.15, 0.2) is 0 Å². The molecule has 0 radical (unpaired) electrons. The fraction of sp³-hybridized carbons (Fsp3) is 0.188. The van der Waals surface area contributed by atoms with Gasteiger partial charge in [-0.25, -0.2) is 9.97 Å². The molecule has 0 aliphatic carbocycles. The quantitative estimate of drug-likeness (QED) is 0.248. The number of aryl methyl sites for hydroxylation is 1. The number of nitrogens with zero attached hydrogens (tertiary/aromatic N) is 2. The summed E-state index contributed by atoms with van der Waals surface area (Å²) in [5.74, 6) is 3.32. The molecule has 8 rings (SSSR count). The van der Waals surface area contributed by atoms with Crippen LogP contribution in [0, 0.1) is 0 Å². The first-order valence-electron chi connectivity index (χ1n) is 13.2. The van der Waals surface area contributed by atoms with Crippen molar-refractivity contribution in [3.05, 3.63) is 77.3 Å². The lowest BCUT2D eigenvalue weighted by atomic mass is 9.95. The van der Waals surface area contributed by atoms with E-state index in [-0.39, 0.29) is 0 Å². The van der Waals surface area contributed by atoms with Gasteiger partial charge in [-0.2, -0.15) is 0 Å². The second kappa shape index (κ2) is 7.92. The van der Waals surface area contributed by atoms with E-state index in [1.807, 2.05) is 0 Å². The normalized spacial score (nSPS) is 13.1. The number of H-pyrrole nitrogens is 2. The molecule has 0 fully saturated rings. The molecule has 4 heterocycles. The topological polar surface area (TPSA) is 66.6 Å². The zero-order valence-corrected chi connectivity index (χ0v) is 22.3. The van der Waals surface area contributed by atoms with Gasteiger partial charge in [0.05, 0.1) is 22.4 Å². The molecule has 4 aromatic carbocycles. The second-order valence-electron chi connectivity index (χ2n) is 10.5. The highest BCUT2D eigenvalue weighted by atomic mass is 32.1. The predicted octanol–water partition coefficient (Wildman–Crippen LogP) is 8.72. The molecule has 0 bridgehead atoms. The van der Waals surface area contributed by atoms with Crippen molar-refractivity contribution in [2.24, 2.45) is 0 Å². The number of aromatic nitrogens is 4. The number of aromatic amines is 2. The molecule has 38 heavy (non-hydrogen) atoms. The molecule has 5 nitrogen and oxygen atoms in total. The molecule has 1 aliphatic rings. The van der Waals surface area contributed by atoms with Gasteiger partial charge in [0.2, 0.25) is 0 Å². The second-order valence-corrected chi connectivity index (χ2v) is 11.4. The summed E-state index contributed by atoms with van der Waals surface area (Å²) in [6.45, 7) is 6.97. The maximum Gasteiger partial charge on any atom is 0.137 e. The standard InChI is InChI=1S/C32H26N4OS/c1-4-26-34-28-21-9-6-18(14-24(21)31-23(11-12-38-31)29(28)35-26)17-5-8-20-19(13-17)7-10-22-27-25(15-37-30(20)22)33-32(36-27)16(2)3/h5-14,16H,4,15H2,1-3H3,(H,33,36)(H,34,35). The van der Waals surface area contributed by atoms with Crippen LogP contribution in [0.25, 0.3) is 65.0 Å². The SMILES string of the molecule is CCc1nc2c3ccsc3c3cc(-c4ccc5c6c(ccc5c4)-c4nc(C(C)C)[nH]c4CO6)ccc3c2[nH]1. The lowest BCUT2D eigenvalue weighted by molar-refractivity contribution is 0.301. The molecule has 186 valence electrons. The van der Waals surface area contributed by atoms with Gasteiger partial charge in [-0.3, -0.25) is 0 Å². The fourth-order valence-electron chi connectivity index (χ4n) is 5.81. The van der Waals surface area contributed by atoms with Crippen LogP contribution in [0.4, 0.5) is 0 Å². The summed E-state index contributed by atoms with van der Waals surface area (Å²) in [5, 5.41) is 8.19. The van der Waals surface area contributed by atoms with Crippen LogP contribution in [0.1, 0.15) is 44.0 Å². The lowest BCUT2D eigenvalue weighted by Gasteiger charge is -2.19. The van der Waals surface area contributed by atoms with Gasteiger partial charge in [-0.15, -0.1) is 11.3 Å². The van der Waals surface area contributed by atoms with E-state index in [4.69, 9.17) is 14.7 Å². The van der Waals surface area contributed by atoms with Crippen molar-refractivity contribution in [1.29, 1.82) is 0 Å². The molecule has 2 N–H and O–H groups in total. The number of imidazole rings is 2. The average molecular weight is 515 g/mol. The third-order valence-corrected chi connectivity index (χ3v) is 8.75. The van der Waals surface area contributed by atoms with Gasteiger partial charge < -0.3 is 14.7 Å². The van der Waals surface area contributed by atoms with Crippen LogP contribution in [-0.2, 0) is 13.0 Å². The summed E-state index contributed by atoms with van der Waals surface area (Å²) < 4.78 is 7.57. The molecule has 0 unspecified atom stereocenters. The van der Waals surface area contributed by atoms with Crippen molar-refractivity contribution in [1.82, 2.24) is 19.9 Å². The molecular formula is C32H26N4OS. The summed E-state index contributed by atoms with van der Waals surface area (Å²) >= 11 is 1.79. The molecule has 0 saturated heterocycles. The fourth-order valence-corrected chi connectivity index (χ4v) is 6.74. The van der Waals surface area contributed by atoms with Crippen molar-refractivity contribution in [3.8, 4) is 28.1 Å². The largest absolute Gasteiger partial charge is 0.486 e.